The van der Waals surface area contributed by atoms with Crippen LogP contribution in [-0.2, 0) is 0 Å². The van der Waals surface area contributed by atoms with Crippen molar-refractivity contribution in [2.24, 2.45) is 11.8 Å². The summed E-state index contributed by atoms with van der Waals surface area (Å²) in [6, 6.07) is 0.761. The van der Waals surface area contributed by atoms with E-state index in [-0.39, 0.29) is 0 Å². The van der Waals surface area contributed by atoms with Crippen molar-refractivity contribution in [1.82, 2.24) is 10.2 Å². The van der Waals surface area contributed by atoms with Crippen molar-refractivity contribution in [2.45, 2.75) is 64.8 Å². The Hall–Kier alpha value is -0.0800. The smallest absolute Gasteiger partial charge is 0.00766 e. The summed E-state index contributed by atoms with van der Waals surface area (Å²) in [6.45, 7) is 10.0. The molecule has 1 aliphatic carbocycles. The molecule has 0 aromatic carbocycles. The van der Waals surface area contributed by atoms with E-state index in [0.29, 0.717) is 0 Å². The fourth-order valence-corrected chi connectivity index (χ4v) is 3.69. The highest BCUT2D eigenvalue weighted by Crippen LogP contribution is 2.30. The Morgan fingerprint density at radius 2 is 1.89 bits per heavy atom. The van der Waals surface area contributed by atoms with E-state index in [0.717, 1.165) is 17.9 Å². The monoisotopic (exact) mass is 252 g/mol. The van der Waals surface area contributed by atoms with Gasteiger partial charge in [-0.2, -0.15) is 0 Å². The minimum Gasteiger partial charge on any atom is -0.314 e. The number of hydrogen-bond acceptors (Lipinski definition) is 2. The molecule has 106 valence electrons. The van der Waals surface area contributed by atoms with Crippen LogP contribution < -0.4 is 5.32 Å². The van der Waals surface area contributed by atoms with E-state index in [1.807, 2.05) is 0 Å². The Kier molecular flexibility index (Phi) is 5.97. The van der Waals surface area contributed by atoms with Crippen LogP contribution in [0.5, 0.6) is 0 Å². The SMILES string of the molecule is CCC1CCN(CC2CCCCC2C)CCCN1. The highest BCUT2D eigenvalue weighted by molar-refractivity contribution is 4.78. The largest absolute Gasteiger partial charge is 0.314 e. The maximum atomic E-state index is 3.68. The predicted molar refractivity (Wildman–Crippen MR) is 78.9 cm³/mol. The minimum atomic E-state index is 0.761. The highest BCUT2D eigenvalue weighted by Gasteiger charge is 2.24. The van der Waals surface area contributed by atoms with E-state index in [1.165, 1.54) is 71.1 Å². The summed E-state index contributed by atoms with van der Waals surface area (Å²) < 4.78 is 0. The molecule has 2 fully saturated rings. The van der Waals surface area contributed by atoms with Crippen molar-refractivity contribution in [3.05, 3.63) is 0 Å². The minimum absolute atomic E-state index is 0.761. The molecule has 3 unspecified atom stereocenters. The van der Waals surface area contributed by atoms with Gasteiger partial charge in [-0.05, 0) is 57.2 Å². The zero-order valence-corrected chi connectivity index (χ0v) is 12.5. The lowest BCUT2D eigenvalue weighted by Gasteiger charge is -2.35. The molecule has 3 atom stereocenters. The Balaban J connectivity index is 1.79. The molecule has 0 amide bonds. The van der Waals surface area contributed by atoms with Crippen molar-refractivity contribution >= 4 is 0 Å². The van der Waals surface area contributed by atoms with Crippen LogP contribution in [0.25, 0.3) is 0 Å². The first-order valence-corrected chi connectivity index (χ1v) is 8.25. The Morgan fingerprint density at radius 1 is 1.06 bits per heavy atom. The van der Waals surface area contributed by atoms with Gasteiger partial charge in [-0.25, -0.2) is 0 Å². The van der Waals surface area contributed by atoms with Crippen LogP contribution in [0.4, 0.5) is 0 Å². The second kappa shape index (κ2) is 7.49. The van der Waals surface area contributed by atoms with Gasteiger partial charge in [0.05, 0.1) is 0 Å². The lowest BCUT2D eigenvalue weighted by molar-refractivity contribution is 0.146. The van der Waals surface area contributed by atoms with Gasteiger partial charge in [0.15, 0.2) is 0 Å². The van der Waals surface area contributed by atoms with E-state index < -0.39 is 0 Å². The molecule has 18 heavy (non-hydrogen) atoms. The summed E-state index contributed by atoms with van der Waals surface area (Å²) in [5.74, 6) is 1.94. The standard InChI is InChI=1S/C16H32N2/c1-3-16-9-12-18(11-6-10-17-16)13-15-8-5-4-7-14(15)2/h14-17H,3-13H2,1-2H3. The van der Waals surface area contributed by atoms with Gasteiger partial charge in [0, 0.05) is 12.6 Å². The van der Waals surface area contributed by atoms with E-state index in [4.69, 9.17) is 0 Å². The summed E-state index contributed by atoms with van der Waals surface area (Å²) >= 11 is 0. The number of nitrogens with zero attached hydrogens (tertiary/aromatic N) is 1. The maximum Gasteiger partial charge on any atom is 0.00766 e. The van der Waals surface area contributed by atoms with Gasteiger partial charge in [-0.3, -0.25) is 0 Å². The second-order valence-corrected chi connectivity index (χ2v) is 6.52. The molecule has 2 aliphatic rings. The zero-order chi connectivity index (χ0) is 12.8. The average Bonchev–Trinajstić information content (AvgIpc) is 2.36. The topological polar surface area (TPSA) is 15.3 Å². The lowest BCUT2D eigenvalue weighted by Crippen LogP contribution is -2.42. The van der Waals surface area contributed by atoms with E-state index in [1.54, 1.807) is 0 Å². The van der Waals surface area contributed by atoms with Gasteiger partial charge in [0.1, 0.15) is 0 Å². The van der Waals surface area contributed by atoms with Gasteiger partial charge in [-0.1, -0.05) is 33.1 Å². The molecule has 0 radical (unpaired) electrons. The second-order valence-electron chi connectivity index (χ2n) is 6.52. The van der Waals surface area contributed by atoms with Crippen molar-refractivity contribution in [1.29, 1.82) is 0 Å². The third-order valence-corrected chi connectivity index (χ3v) is 5.15. The van der Waals surface area contributed by atoms with Crippen molar-refractivity contribution in [2.75, 3.05) is 26.2 Å². The van der Waals surface area contributed by atoms with Crippen LogP contribution in [0.15, 0.2) is 0 Å². The van der Waals surface area contributed by atoms with Crippen molar-refractivity contribution in [3.8, 4) is 0 Å². The summed E-state index contributed by atoms with van der Waals surface area (Å²) in [4.78, 5) is 2.76. The zero-order valence-electron chi connectivity index (χ0n) is 12.5. The first-order chi connectivity index (χ1) is 8.79. The maximum absolute atomic E-state index is 3.68. The molecule has 0 bridgehead atoms. The summed E-state index contributed by atoms with van der Waals surface area (Å²) in [5.41, 5.74) is 0. The van der Waals surface area contributed by atoms with Gasteiger partial charge in [0.2, 0.25) is 0 Å². The molecule has 2 nitrogen and oxygen atoms in total. The van der Waals surface area contributed by atoms with Gasteiger partial charge in [-0.15, -0.1) is 0 Å². The van der Waals surface area contributed by atoms with Crippen LogP contribution in [0, 0.1) is 11.8 Å². The third-order valence-electron chi connectivity index (χ3n) is 5.15. The third kappa shape index (κ3) is 4.24. The Labute approximate surface area is 114 Å². The molecular weight excluding hydrogens is 220 g/mol. The lowest BCUT2D eigenvalue weighted by atomic mass is 9.80. The van der Waals surface area contributed by atoms with Crippen LogP contribution >= 0.6 is 0 Å². The molecular formula is C16H32N2. The molecule has 1 saturated heterocycles. The van der Waals surface area contributed by atoms with Gasteiger partial charge >= 0.3 is 0 Å². The molecule has 1 aliphatic heterocycles. The Bertz CT molecular complexity index is 229. The first-order valence-electron chi connectivity index (χ1n) is 8.25. The summed E-state index contributed by atoms with van der Waals surface area (Å²) in [5, 5.41) is 3.68. The molecule has 1 saturated carbocycles. The van der Waals surface area contributed by atoms with Crippen LogP contribution in [0.3, 0.4) is 0 Å². The van der Waals surface area contributed by atoms with Crippen molar-refractivity contribution < 1.29 is 0 Å². The van der Waals surface area contributed by atoms with Gasteiger partial charge in [0.25, 0.3) is 0 Å². The molecule has 1 N–H and O–H groups in total. The number of hydrogen-bond donors (Lipinski definition) is 1. The number of rotatable bonds is 3. The summed E-state index contributed by atoms with van der Waals surface area (Å²) in [6.07, 6.45) is 9.86. The fraction of sp³-hybridized carbons (Fsp3) is 1.00. The fourth-order valence-electron chi connectivity index (χ4n) is 3.69. The first kappa shape index (κ1) is 14.3. The molecule has 1 heterocycles. The van der Waals surface area contributed by atoms with E-state index in [2.05, 4.69) is 24.1 Å². The quantitative estimate of drug-likeness (QED) is 0.829. The summed E-state index contributed by atoms with van der Waals surface area (Å²) in [7, 11) is 0. The van der Waals surface area contributed by atoms with Gasteiger partial charge < -0.3 is 10.2 Å². The number of nitrogens with one attached hydrogen (secondary N) is 1. The molecule has 0 aromatic rings. The highest BCUT2D eigenvalue weighted by atomic mass is 15.1. The normalized spacial score (nSPS) is 36.0. The van der Waals surface area contributed by atoms with E-state index in [9.17, 15) is 0 Å². The van der Waals surface area contributed by atoms with Crippen LogP contribution in [0.1, 0.15) is 58.8 Å². The molecule has 0 aromatic heterocycles. The predicted octanol–water partition coefficient (Wildman–Crippen LogP) is 3.28. The molecule has 2 heteroatoms. The van der Waals surface area contributed by atoms with Crippen molar-refractivity contribution in [3.63, 3.8) is 0 Å². The van der Waals surface area contributed by atoms with Crippen LogP contribution in [-0.4, -0.2) is 37.1 Å². The van der Waals surface area contributed by atoms with Crippen LogP contribution in [0.2, 0.25) is 0 Å². The van der Waals surface area contributed by atoms with E-state index >= 15 is 0 Å². The molecule has 0 spiro atoms. The Morgan fingerprint density at radius 3 is 2.67 bits per heavy atom. The molecule has 2 rings (SSSR count). The average molecular weight is 252 g/mol.